The highest BCUT2D eigenvalue weighted by Gasteiger charge is 2.28. The van der Waals surface area contributed by atoms with Gasteiger partial charge in [0.1, 0.15) is 5.52 Å². The summed E-state index contributed by atoms with van der Waals surface area (Å²) in [4.78, 5) is 28.0. The van der Waals surface area contributed by atoms with Crippen LogP contribution in [0.15, 0.2) is 22.6 Å². The van der Waals surface area contributed by atoms with Gasteiger partial charge in [-0.05, 0) is 50.3 Å². The molecule has 0 radical (unpaired) electrons. The molecule has 1 saturated carbocycles. The van der Waals surface area contributed by atoms with Crippen molar-refractivity contribution in [3.05, 3.63) is 29.1 Å². The first-order valence-electron chi connectivity index (χ1n) is 9.21. The SMILES string of the molecule is O=C(CC1CCC(=O)N1)NC1CCC(c2nc3cc(Cl)ccc3o2)CC1. The van der Waals surface area contributed by atoms with Crippen LogP contribution in [0.25, 0.3) is 11.1 Å². The van der Waals surface area contributed by atoms with E-state index in [0.717, 1.165) is 49.1 Å². The molecule has 1 atom stereocenters. The Morgan fingerprint density at radius 2 is 2.08 bits per heavy atom. The van der Waals surface area contributed by atoms with E-state index in [4.69, 9.17) is 16.0 Å². The summed E-state index contributed by atoms with van der Waals surface area (Å²) in [6.45, 7) is 0. The fourth-order valence-corrected chi connectivity index (χ4v) is 4.08. The van der Waals surface area contributed by atoms with Crippen LogP contribution < -0.4 is 10.6 Å². The maximum Gasteiger partial charge on any atom is 0.222 e. The zero-order valence-corrected chi connectivity index (χ0v) is 15.2. The van der Waals surface area contributed by atoms with Crippen molar-refractivity contribution in [2.24, 2.45) is 0 Å². The van der Waals surface area contributed by atoms with Crippen LogP contribution in [-0.2, 0) is 9.59 Å². The summed E-state index contributed by atoms with van der Waals surface area (Å²) < 4.78 is 5.88. The van der Waals surface area contributed by atoms with Crippen molar-refractivity contribution in [2.75, 3.05) is 0 Å². The smallest absolute Gasteiger partial charge is 0.222 e. The van der Waals surface area contributed by atoms with Gasteiger partial charge < -0.3 is 15.1 Å². The number of carbonyl (C=O) groups excluding carboxylic acids is 2. The van der Waals surface area contributed by atoms with E-state index in [1.165, 1.54) is 0 Å². The molecule has 6 nitrogen and oxygen atoms in total. The second kappa shape index (κ2) is 7.27. The van der Waals surface area contributed by atoms with E-state index in [2.05, 4.69) is 15.6 Å². The summed E-state index contributed by atoms with van der Waals surface area (Å²) >= 11 is 6.01. The van der Waals surface area contributed by atoms with Crippen LogP contribution in [0.1, 0.15) is 56.8 Å². The number of hydrogen-bond donors (Lipinski definition) is 2. The Hall–Kier alpha value is -2.08. The van der Waals surface area contributed by atoms with Crippen LogP contribution >= 0.6 is 11.6 Å². The monoisotopic (exact) mass is 375 g/mol. The largest absolute Gasteiger partial charge is 0.440 e. The summed E-state index contributed by atoms with van der Waals surface area (Å²) in [7, 11) is 0. The predicted octanol–water partition coefficient (Wildman–Crippen LogP) is 3.29. The van der Waals surface area contributed by atoms with E-state index in [1.54, 1.807) is 6.07 Å². The van der Waals surface area contributed by atoms with Crippen LogP contribution in [0.2, 0.25) is 5.02 Å². The van der Waals surface area contributed by atoms with Crippen molar-refractivity contribution < 1.29 is 14.0 Å². The molecule has 1 aliphatic heterocycles. The number of halogens is 1. The molecule has 138 valence electrons. The lowest BCUT2D eigenvalue weighted by atomic mass is 9.86. The van der Waals surface area contributed by atoms with Gasteiger partial charge in [-0.2, -0.15) is 0 Å². The average molecular weight is 376 g/mol. The Kier molecular flexibility index (Phi) is 4.85. The average Bonchev–Trinajstić information content (AvgIpc) is 3.21. The summed E-state index contributed by atoms with van der Waals surface area (Å²) in [6.07, 6.45) is 5.34. The minimum absolute atomic E-state index is 0.00888. The van der Waals surface area contributed by atoms with Gasteiger partial charge in [0, 0.05) is 35.9 Å². The molecule has 4 rings (SSSR count). The minimum atomic E-state index is -0.00888. The molecule has 26 heavy (non-hydrogen) atoms. The third-order valence-electron chi connectivity index (χ3n) is 5.32. The Morgan fingerprint density at radius 1 is 1.27 bits per heavy atom. The van der Waals surface area contributed by atoms with Gasteiger partial charge in [0.25, 0.3) is 0 Å². The standard InChI is InChI=1S/C19H22ClN3O3/c20-12-3-7-16-15(9-12)23-19(26-16)11-1-4-13(5-2-11)21-18(25)10-14-6-8-17(24)22-14/h3,7,9,11,13-14H,1-2,4-6,8,10H2,(H,21,25)(H,22,24). The third kappa shape index (κ3) is 3.85. The number of hydrogen-bond acceptors (Lipinski definition) is 4. The molecule has 1 saturated heterocycles. The molecule has 2 heterocycles. The second-order valence-corrected chi connectivity index (χ2v) is 7.72. The number of carbonyl (C=O) groups is 2. The molecule has 1 unspecified atom stereocenters. The van der Waals surface area contributed by atoms with Crippen LogP contribution in [0.5, 0.6) is 0 Å². The van der Waals surface area contributed by atoms with Gasteiger partial charge in [-0.25, -0.2) is 4.98 Å². The van der Waals surface area contributed by atoms with Gasteiger partial charge in [-0.15, -0.1) is 0 Å². The highest BCUT2D eigenvalue weighted by Crippen LogP contribution is 2.34. The molecule has 0 spiro atoms. The van der Waals surface area contributed by atoms with E-state index >= 15 is 0 Å². The van der Waals surface area contributed by atoms with Gasteiger partial charge in [0.05, 0.1) is 0 Å². The number of nitrogens with one attached hydrogen (secondary N) is 2. The second-order valence-electron chi connectivity index (χ2n) is 7.29. The van der Waals surface area contributed by atoms with E-state index in [0.29, 0.717) is 17.9 Å². The van der Waals surface area contributed by atoms with Crippen molar-refractivity contribution in [2.45, 2.75) is 62.9 Å². The van der Waals surface area contributed by atoms with Crippen molar-refractivity contribution >= 4 is 34.5 Å². The predicted molar refractivity (Wildman–Crippen MR) is 97.9 cm³/mol. The van der Waals surface area contributed by atoms with E-state index in [-0.39, 0.29) is 29.8 Å². The number of rotatable bonds is 4. The van der Waals surface area contributed by atoms with Gasteiger partial charge in [0.2, 0.25) is 11.8 Å². The van der Waals surface area contributed by atoms with E-state index in [9.17, 15) is 9.59 Å². The lowest BCUT2D eigenvalue weighted by molar-refractivity contribution is -0.122. The normalized spacial score (nSPS) is 26.0. The maximum absolute atomic E-state index is 12.2. The number of nitrogens with zero attached hydrogens (tertiary/aromatic N) is 1. The lowest BCUT2D eigenvalue weighted by Gasteiger charge is -2.27. The zero-order valence-electron chi connectivity index (χ0n) is 14.5. The van der Waals surface area contributed by atoms with Crippen LogP contribution in [0, 0.1) is 0 Å². The first-order valence-corrected chi connectivity index (χ1v) is 9.59. The first kappa shape index (κ1) is 17.3. The Balaban J connectivity index is 1.29. The molecule has 1 aliphatic carbocycles. The number of amides is 2. The molecule has 2 N–H and O–H groups in total. The molecular formula is C19H22ClN3O3. The molecule has 2 fully saturated rings. The van der Waals surface area contributed by atoms with Crippen molar-refractivity contribution in [1.29, 1.82) is 0 Å². The van der Waals surface area contributed by atoms with Crippen LogP contribution in [0.4, 0.5) is 0 Å². The zero-order chi connectivity index (χ0) is 18.1. The molecule has 2 amide bonds. The van der Waals surface area contributed by atoms with Crippen molar-refractivity contribution in [3.63, 3.8) is 0 Å². The molecule has 2 aromatic rings. The Bertz CT molecular complexity index is 827. The lowest BCUT2D eigenvalue weighted by Crippen LogP contribution is -2.40. The molecule has 1 aromatic carbocycles. The summed E-state index contributed by atoms with van der Waals surface area (Å²) in [5.41, 5.74) is 1.56. The maximum atomic E-state index is 12.2. The highest BCUT2D eigenvalue weighted by atomic mass is 35.5. The van der Waals surface area contributed by atoms with E-state index in [1.807, 2.05) is 12.1 Å². The van der Waals surface area contributed by atoms with E-state index < -0.39 is 0 Å². The van der Waals surface area contributed by atoms with Crippen LogP contribution in [0.3, 0.4) is 0 Å². The third-order valence-corrected chi connectivity index (χ3v) is 5.56. The highest BCUT2D eigenvalue weighted by molar-refractivity contribution is 6.31. The fraction of sp³-hybridized carbons (Fsp3) is 0.526. The number of aromatic nitrogens is 1. The quantitative estimate of drug-likeness (QED) is 0.858. The minimum Gasteiger partial charge on any atom is -0.440 e. The number of benzene rings is 1. The Labute approximate surface area is 156 Å². The van der Waals surface area contributed by atoms with Crippen molar-refractivity contribution in [1.82, 2.24) is 15.6 Å². The molecule has 7 heteroatoms. The molecular weight excluding hydrogens is 354 g/mol. The Morgan fingerprint density at radius 3 is 2.81 bits per heavy atom. The molecule has 0 bridgehead atoms. The fourth-order valence-electron chi connectivity index (χ4n) is 3.92. The van der Waals surface area contributed by atoms with Crippen LogP contribution in [-0.4, -0.2) is 28.9 Å². The van der Waals surface area contributed by atoms with Crippen molar-refractivity contribution in [3.8, 4) is 0 Å². The van der Waals surface area contributed by atoms with Gasteiger partial charge in [0.15, 0.2) is 11.5 Å². The van der Waals surface area contributed by atoms with Gasteiger partial charge >= 0.3 is 0 Å². The first-order chi connectivity index (χ1) is 12.6. The number of oxazole rings is 1. The summed E-state index contributed by atoms with van der Waals surface area (Å²) in [5, 5.41) is 6.60. The van der Waals surface area contributed by atoms with Gasteiger partial charge in [-0.1, -0.05) is 11.6 Å². The summed E-state index contributed by atoms with van der Waals surface area (Å²) in [6, 6.07) is 5.65. The summed E-state index contributed by atoms with van der Waals surface area (Å²) in [5.74, 6) is 1.12. The van der Waals surface area contributed by atoms with Gasteiger partial charge in [-0.3, -0.25) is 9.59 Å². The molecule has 1 aromatic heterocycles. The molecule has 2 aliphatic rings. The number of fused-ring (bicyclic) bond motifs is 1. The topological polar surface area (TPSA) is 84.2 Å².